The lowest BCUT2D eigenvalue weighted by Crippen LogP contribution is -2.47. The number of aliphatic hydroxyl groups excluding tert-OH is 1. The zero-order valence-corrected chi connectivity index (χ0v) is 9.58. The molecule has 1 N–H and O–H groups in total. The SMILES string of the molecule is CC(C)CN1CCN(CCCO)CC1. The summed E-state index contributed by atoms with van der Waals surface area (Å²) in [7, 11) is 0. The molecule has 1 aliphatic rings. The van der Waals surface area contributed by atoms with Crippen molar-refractivity contribution < 1.29 is 5.11 Å². The molecule has 1 saturated heterocycles. The maximum absolute atomic E-state index is 8.73. The highest BCUT2D eigenvalue weighted by Crippen LogP contribution is 2.05. The summed E-state index contributed by atoms with van der Waals surface area (Å²) in [6.07, 6.45) is 0.921. The summed E-state index contributed by atoms with van der Waals surface area (Å²) in [4.78, 5) is 4.99. The lowest BCUT2D eigenvalue weighted by molar-refractivity contribution is 0.116. The van der Waals surface area contributed by atoms with E-state index in [9.17, 15) is 0 Å². The fourth-order valence-corrected chi connectivity index (χ4v) is 2.01. The van der Waals surface area contributed by atoms with E-state index in [-0.39, 0.29) is 0 Å². The third-order valence-corrected chi connectivity index (χ3v) is 2.72. The van der Waals surface area contributed by atoms with E-state index in [2.05, 4.69) is 23.6 Å². The van der Waals surface area contributed by atoms with Crippen molar-refractivity contribution in [1.29, 1.82) is 0 Å². The van der Waals surface area contributed by atoms with E-state index in [1.165, 1.54) is 32.7 Å². The van der Waals surface area contributed by atoms with Gasteiger partial charge >= 0.3 is 0 Å². The molecule has 0 aliphatic carbocycles. The highest BCUT2D eigenvalue weighted by atomic mass is 16.3. The third-order valence-electron chi connectivity index (χ3n) is 2.72. The molecule has 0 bridgehead atoms. The fraction of sp³-hybridized carbons (Fsp3) is 1.00. The fourth-order valence-electron chi connectivity index (χ4n) is 2.01. The molecule has 0 aromatic heterocycles. The summed E-state index contributed by atoms with van der Waals surface area (Å²) in [5.74, 6) is 0.777. The van der Waals surface area contributed by atoms with Crippen LogP contribution in [0, 0.1) is 5.92 Å². The van der Waals surface area contributed by atoms with Gasteiger partial charge in [-0.1, -0.05) is 13.8 Å². The molecule has 3 nitrogen and oxygen atoms in total. The Kier molecular flexibility index (Phi) is 5.45. The minimum Gasteiger partial charge on any atom is -0.396 e. The second kappa shape index (κ2) is 6.38. The Bertz CT molecular complexity index is 142. The van der Waals surface area contributed by atoms with Crippen LogP contribution in [0.15, 0.2) is 0 Å². The summed E-state index contributed by atoms with van der Waals surface area (Å²) >= 11 is 0. The average Bonchev–Trinajstić information content (AvgIpc) is 2.16. The molecule has 1 fully saturated rings. The highest BCUT2D eigenvalue weighted by Gasteiger charge is 2.16. The molecule has 0 aromatic rings. The predicted octanol–water partition coefficient (Wildman–Crippen LogP) is 0.642. The Morgan fingerprint density at radius 3 is 2.14 bits per heavy atom. The highest BCUT2D eigenvalue weighted by molar-refractivity contribution is 4.72. The quantitative estimate of drug-likeness (QED) is 0.705. The van der Waals surface area contributed by atoms with Crippen LogP contribution < -0.4 is 0 Å². The number of hydrogen-bond acceptors (Lipinski definition) is 3. The Labute approximate surface area is 87.7 Å². The van der Waals surface area contributed by atoms with Crippen LogP contribution in [0.4, 0.5) is 0 Å². The largest absolute Gasteiger partial charge is 0.396 e. The van der Waals surface area contributed by atoms with Crippen LogP contribution in [0.5, 0.6) is 0 Å². The van der Waals surface area contributed by atoms with Gasteiger partial charge in [0, 0.05) is 45.9 Å². The summed E-state index contributed by atoms with van der Waals surface area (Å²) in [6.45, 7) is 11.9. The first-order valence-corrected chi connectivity index (χ1v) is 5.78. The minimum atomic E-state index is 0.326. The number of hydrogen-bond donors (Lipinski definition) is 1. The summed E-state index contributed by atoms with van der Waals surface area (Å²) < 4.78 is 0. The van der Waals surface area contributed by atoms with Gasteiger partial charge in [-0.2, -0.15) is 0 Å². The molecule has 1 rings (SSSR count). The first-order chi connectivity index (χ1) is 6.72. The zero-order chi connectivity index (χ0) is 10.4. The number of piperazine rings is 1. The lowest BCUT2D eigenvalue weighted by atomic mass is 10.2. The van der Waals surface area contributed by atoms with Crippen LogP contribution in [0.1, 0.15) is 20.3 Å². The van der Waals surface area contributed by atoms with Crippen molar-refractivity contribution in [2.75, 3.05) is 45.9 Å². The molecule has 0 aromatic carbocycles. The number of rotatable bonds is 5. The topological polar surface area (TPSA) is 26.7 Å². The molecule has 0 atom stereocenters. The van der Waals surface area contributed by atoms with Crippen LogP contribution in [0.25, 0.3) is 0 Å². The molecule has 0 saturated carbocycles. The Morgan fingerprint density at radius 1 is 1.07 bits per heavy atom. The molecule has 0 spiro atoms. The van der Waals surface area contributed by atoms with Gasteiger partial charge in [0.25, 0.3) is 0 Å². The zero-order valence-electron chi connectivity index (χ0n) is 9.58. The van der Waals surface area contributed by atoms with Gasteiger partial charge in [-0.25, -0.2) is 0 Å². The Morgan fingerprint density at radius 2 is 1.64 bits per heavy atom. The Balaban J connectivity index is 2.11. The predicted molar refractivity (Wildman–Crippen MR) is 59.4 cm³/mol. The van der Waals surface area contributed by atoms with Crippen molar-refractivity contribution in [3.8, 4) is 0 Å². The van der Waals surface area contributed by atoms with Crippen LogP contribution in [0.2, 0.25) is 0 Å². The molecule has 0 radical (unpaired) electrons. The summed E-state index contributed by atoms with van der Waals surface area (Å²) in [6, 6.07) is 0. The molecule has 1 heterocycles. The van der Waals surface area contributed by atoms with Crippen LogP contribution >= 0.6 is 0 Å². The molecular weight excluding hydrogens is 176 g/mol. The monoisotopic (exact) mass is 200 g/mol. The smallest absolute Gasteiger partial charge is 0.0443 e. The van der Waals surface area contributed by atoms with Gasteiger partial charge in [-0.05, 0) is 12.3 Å². The first kappa shape index (κ1) is 12.0. The maximum atomic E-state index is 8.73. The van der Waals surface area contributed by atoms with Crippen LogP contribution in [0.3, 0.4) is 0 Å². The number of aliphatic hydroxyl groups is 1. The van der Waals surface area contributed by atoms with E-state index in [0.717, 1.165) is 18.9 Å². The second-order valence-electron chi connectivity index (χ2n) is 4.61. The molecule has 14 heavy (non-hydrogen) atoms. The van der Waals surface area contributed by atoms with E-state index in [0.29, 0.717) is 6.61 Å². The standard InChI is InChI=1S/C11H24N2O/c1-11(2)10-13-7-5-12(6-8-13)4-3-9-14/h11,14H,3-10H2,1-2H3. The van der Waals surface area contributed by atoms with Crippen molar-refractivity contribution in [3.63, 3.8) is 0 Å². The van der Waals surface area contributed by atoms with Crippen molar-refractivity contribution >= 4 is 0 Å². The van der Waals surface area contributed by atoms with Crippen molar-refractivity contribution in [1.82, 2.24) is 9.80 Å². The number of nitrogens with zero attached hydrogens (tertiary/aromatic N) is 2. The van der Waals surface area contributed by atoms with Crippen molar-refractivity contribution in [2.24, 2.45) is 5.92 Å². The van der Waals surface area contributed by atoms with Crippen LogP contribution in [-0.2, 0) is 0 Å². The summed E-state index contributed by atoms with van der Waals surface area (Å²) in [5.41, 5.74) is 0. The molecule has 3 heteroatoms. The normalized spacial score (nSPS) is 20.6. The van der Waals surface area contributed by atoms with Gasteiger partial charge in [-0.3, -0.25) is 0 Å². The van der Waals surface area contributed by atoms with E-state index >= 15 is 0 Å². The average molecular weight is 200 g/mol. The van der Waals surface area contributed by atoms with E-state index in [4.69, 9.17) is 5.11 Å². The van der Waals surface area contributed by atoms with Gasteiger partial charge in [0.05, 0.1) is 0 Å². The second-order valence-corrected chi connectivity index (χ2v) is 4.61. The van der Waals surface area contributed by atoms with Gasteiger partial charge < -0.3 is 14.9 Å². The van der Waals surface area contributed by atoms with Gasteiger partial charge in [0.1, 0.15) is 0 Å². The van der Waals surface area contributed by atoms with Gasteiger partial charge in [0.2, 0.25) is 0 Å². The molecule has 0 amide bonds. The van der Waals surface area contributed by atoms with E-state index in [1.807, 2.05) is 0 Å². The molecule has 1 aliphatic heterocycles. The van der Waals surface area contributed by atoms with Crippen molar-refractivity contribution in [3.05, 3.63) is 0 Å². The Hall–Kier alpha value is -0.120. The first-order valence-electron chi connectivity index (χ1n) is 5.78. The molecule has 0 unspecified atom stereocenters. The third kappa shape index (κ3) is 4.40. The maximum Gasteiger partial charge on any atom is 0.0443 e. The van der Waals surface area contributed by atoms with Crippen LogP contribution in [-0.4, -0.2) is 60.8 Å². The van der Waals surface area contributed by atoms with Gasteiger partial charge in [0.15, 0.2) is 0 Å². The molecular formula is C11H24N2O. The van der Waals surface area contributed by atoms with Crippen molar-refractivity contribution in [2.45, 2.75) is 20.3 Å². The van der Waals surface area contributed by atoms with E-state index in [1.54, 1.807) is 0 Å². The minimum absolute atomic E-state index is 0.326. The lowest BCUT2D eigenvalue weighted by Gasteiger charge is -2.35. The summed E-state index contributed by atoms with van der Waals surface area (Å²) in [5, 5.41) is 8.73. The van der Waals surface area contributed by atoms with E-state index < -0.39 is 0 Å². The van der Waals surface area contributed by atoms with Gasteiger partial charge in [-0.15, -0.1) is 0 Å². The molecule has 84 valence electrons.